The lowest BCUT2D eigenvalue weighted by Gasteiger charge is -2.08. The molecule has 0 fully saturated rings. The number of ether oxygens (including phenoxy) is 1. The summed E-state index contributed by atoms with van der Waals surface area (Å²) in [4.78, 5) is 10.3. The Hall–Kier alpha value is -2.47. The standard InChI is InChI=1S/C15H15FN2O3/c1-17-9-11-2-5-14(6-3-11)21-10-12-8-13(16)4-7-15(12)18(19)20/h2-8,17H,9-10H2,1H3. The Morgan fingerprint density at radius 1 is 1.24 bits per heavy atom. The van der Waals surface area contributed by atoms with Crippen LogP contribution in [0.3, 0.4) is 0 Å². The van der Waals surface area contributed by atoms with Gasteiger partial charge in [0.15, 0.2) is 0 Å². The fraction of sp³-hybridized carbons (Fsp3) is 0.200. The first-order chi connectivity index (χ1) is 10.1. The lowest BCUT2D eigenvalue weighted by molar-refractivity contribution is -0.385. The molecular weight excluding hydrogens is 275 g/mol. The molecule has 21 heavy (non-hydrogen) atoms. The highest BCUT2D eigenvalue weighted by molar-refractivity contribution is 5.40. The fourth-order valence-corrected chi connectivity index (χ4v) is 1.92. The molecule has 0 aliphatic rings. The Morgan fingerprint density at radius 3 is 2.57 bits per heavy atom. The number of halogens is 1. The van der Waals surface area contributed by atoms with Crippen molar-refractivity contribution in [2.24, 2.45) is 0 Å². The molecule has 2 aromatic carbocycles. The van der Waals surface area contributed by atoms with Crippen molar-refractivity contribution in [1.29, 1.82) is 0 Å². The number of rotatable bonds is 6. The van der Waals surface area contributed by atoms with Crippen LogP contribution >= 0.6 is 0 Å². The fourth-order valence-electron chi connectivity index (χ4n) is 1.92. The summed E-state index contributed by atoms with van der Waals surface area (Å²) in [6.45, 7) is 0.690. The smallest absolute Gasteiger partial charge is 0.276 e. The van der Waals surface area contributed by atoms with E-state index >= 15 is 0 Å². The molecule has 0 atom stereocenters. The maximum Gasteiger partial charge on any atom is 0.276 e. The molecule has 110 valence electrons. The van der Waals surface area contributed by atoms with Crippen LogP contribution in [0.4, 0.5) is 10.1 Å². The molecule has 0 aromatic heterocycles. The average Bonchev–Trinajstić information content (AvgIpc) is 2.46. The predicted octanol–water partition coefficient (Wildman–Crippen LogP) is 3.03. The molecule has 2 aromatic rings. The number of nitrogens with one attached hydrogen (secondary N) is 1. The molecular formula is C15H15FN2O3. The Kier molecular flexibility index (Phi) is 4.84. The van der Waals surface area contributed by atoms with Crippen molar-refractivity contribution in [2.45, 2.75) is 13.2 Å². The zero-order valence-corrected chi connectivity index (χ0v) is 11.5. The van der Waals surface area contributed by atoms with E-state index in [9.17, 15) is 14.5 Å². The molecule has 0 saturated carbocycles. The van der Waals surface area contributed by atoms with Gasteiger partial charge in [-0.1, -0.05) is 12.1 Å². The first-order valence-electron chi connectivity index (χ1n) is 6.39. The number of benzene rings is 2. The topological polar surface area (TPSA) is 64.4 Å². The van der Waals surface area contributed by atoms with Crippen molar-refractivity contribution in [2.75, 3.05) is 7.05 Å². The van der Waals surface area contributed by atoms with Crippen LogP contribution < -0.4 is 10.1 Å². The molecule has 0 bridgehead atoms. The molecule has 6 heteroatoms. The van der Waals surface area contributed by atoms with Crippen molar-refractivity contribution in [1.82, 2.24) is 5.32 Å². The third kappa shape index (κ3) is 4.00. The second-order valence-electron chi connectivity index (χ2n) is 4.49. The monoisotopic (exact) mass is 290 g/mol. The van der Waals surface area contributed by atoms with Gasteiger partial charge in [0.25, 0.3) is 5.69 Å². The summed E-state index contributed by atoms with van der Waals surface area (Å²) in [5.74, 6) is 0.0528. The molecule has 0 unspecified atom stereocenters. The number of nitrogens with zero attached hydrogens (tertiary/aromatic N) is 1. The molecule has 0 amide bonds. The third-order valence-corrected chi connectivity index (χ3v) is 2.94. The minimum atomic E-state index is -0.547. The Labute approximate surface area is 121 Å². The van der Waals surface area contributed by atoms with E-state index in [0.717, 1.165) is 30.3 Å². The van der Waals surface area contributed by atoms with E-state index in [0.29, 0.717) is 5.75 Å². The van der Waals surface area contributed by atoms with Crippen molar-refractivity contribution < 1.29 is 14.1 Å². The molecule has 0 saturated heterocycles. The van der Waals surface area contributed by atoms with Crippen LogP contribution in [-0.4, -0.2) is 12.0 Å². The summed E-state index contributed by atoms with van der Waals surface area (Å²) in [7, 11) is 1.85. The van der Waals surface area contributed by atoms with E-state index in [4.69, 9.17) is 4.74 Å². The summed E-state index contributed by atoms with van der Waals surface area (Å²) >= 11 is 0. The summed E-state index contributed by atoms with van der Waals surface area (Å²) in [6.07, 6.45) is 0. The lowest BCUT2D eigenvalue weighted by atomic mass is 10.2. The van der Waals surface area contributed by atoms with Gasteiger partial charge in [-0.25, -0.2) is 4.39 Å². The van der Waals surface area contributed by atoms with Gasteiger partial charge in [-0.2, -0.15) is 0 Å². The first-order valence-corrected chi connectivity index (χ1v) is 6.39. The van der Waals surface area contributed by atoms with Crippen LogP contribution in [0.1, 0.15) is 11.1 Å². The van der Waals surface area contributed by atoms with Gasteiger partial charge in [0.2, 0.25) is 0 Å². The van der Waals surface area contributed by atoms with E-state index in [-0.39, 0.29) is 17.9 Å². The molecule has 0 spiro atoms. The van der Waals surface area contributed by atoms with Gasteiger partial charge in [-0.05, 0) is 36.9 Å². The van der Waals surface area contributed by atoms with Gasteiger partial charge >= 0.3 is 0 Å². The van der Waals surface area contributed by atoms with Crippen LogP contribution in [0.25, 0.3) is 0 Å². The van der Waals surface area contributed by atoms with Gasteiger partial charge in [0.05, 0.1) is 10.5 Å². The van der Waals surface area contributed by atoms with E-state index < -0.39 is 10.7 Å². The van der Waals surface area contributed by atoms with Crippen LogP contribution in [0.2, 0.25) is 0 Å². The SMILES string of the molecule is CNCc1ccc(OCc2cc(F)ccc2[N+](=O)[O-])cc1. The highest BCUT2D eigenvalue weighted by Crippen LogP contribution is 2.22. The summed E-state index contributed by atoms with van der Waals surface area (Å²) in [5, 5.41) is 13.9. The number of hydrogen-bond donors (Lipinski definition) is 1. The van der Waals surface area contributed by atoms with Crippen molar-refractivity contribution in [3.63, 3.8) is 0 Å². The largest absolute Gasteiger partial charge is 0.489 e. The molecule has 0 heterocycles. The molecule has 5 nitrogen and oxygen atoms in total. The molecule has 0 radical (unpaired) electrons. The van der Waals surface area contributed by atoms with Crippen LogP contribution in [0.15, 0.2) is 42.5 Å². The van der Waals surface area contributed by atoms with Crippen molar-refractivity contribution >= 4 is 5.69 Å². The summed E-state index contributed by atoms with van der Waals surface area (Å²) in [5.41, 5.74) is 1.16. The lowest BCUT2D eigenvalue weighted by Crippen LogP contribution is -2.05. The maximum atomic E-state index is 13.2. The van der Waals surface area contributed by atoms with Gasteiger partial charge < -0.3 is 10.1 Å². The van der Waals surface area contributed by atoms with Gasteiger partial charge in [-0.3, -0.25) is 10.1 Å². The van der Waals surface area contributed by atoms with E-state index in [1.807, 2.05) is 19.2 Å². The molecule has 0 aliphatic heterocycles. The van der Waals surface area contributed by atoms with Crippen LogP contribution in [0, 0.1) is 15.9 Å². The number of nitro groups is 1. The minimum absolute atomic E-state index is 0.0561. The zero-order valence-electron chi connectivity index (χ0n) is 11.5. The Morgan fingerprint density at radius 2 is 1.95 bits per heavy atom. The Bertz CT molecular complexity index is 629. The van der Waals surface area contributed by atoms with E-state index in [2.05, 4.69) is 5.32 Å². The highest BCUT2D eigenvalue weighted by Gasteiger charge is 2.14. The summed E-state index contributed by atoms with van der Waals surface area (Å²) in [6, 6.07) is 10.7. The second-order valence-corrected chi connectivity index (χ2v) is 4.49. The average molecular weight is 290 g/mol. The zero-order chi connectivity index (χ0) is 15.2. The van der Waals surface area contributed by atoms with E-state index in [1.165, 1.54) is 0 Å². The van der Waals surface area contributed by atoms with Gasteiger partial charge in [0, 0.05) is 12.6 Å². The van der Waals surface area contributed by atoms with Crippen LogP contribution in [0.5, 0.6) is 5.75 Å². The van der Waals surface area contributed by atoms with E-state index in [1.54, 1.807) is 12.1 Å². The van der Waals surface area contributed by atoms with Crippen molar-refractivity contribution in [3.8, 4) is 5.75 Å². The third-order valence-electron chi connectivity index (χ3n) is 2.94. The van der Waals surface area contributed by atoms with Gasteiger partial charge in [-0.15, -0.1) is 0 Å². The normalized spacial score (nSPS) is 10.4. The first kappa shape index (κ1) is 14.9. The minimum Gasteiger partial charge on any atom is -0.489 e. The highest BCUT2D eigenvalue weighted by atomic mass is 19.1. The number of hydrogen-bond acceptors (Lipinski definition) is 4. The maximum absolute atomic E-state index is 13.2. The molecule has 0 aliphatic carbocycles. The molecule has 2 rings (SSSR count). The van der Waals surface area contributed by atoms with Crippen molar-refractivity contribution in [3.05, 3.63) is 69.5 Å². The predicted molar refractivity (Wildman–Crippen MR) is 76.6 cm³/mol. The number of nitro benzene ring substituents is 1. The Balaban J connectivity index is 2.08. The van der Waals surface area contributed by atoms with Gasteiger partial charge in [0.1, 0.15) is 18.2 Å². The quantitative estimate of drug-likeness (QED) is 0.656. The summed E-state index contributed by atoms with van der Waals surface area (Å²) < 4.78 is 18.7. The second kappa shape index (κ2) is 6.81. The molecule has 1 N–H and O–H groups in total. The van der Waals surface area contributed by atoms with Crippen LogP contribution in [-0.2, 0) is 13.2 Å².